The molecule has 0 radical (unpaired) electrons. The molecule has 2 N–H and O–H groups in total. The van der Waals surface area contributed by atoms with Gasteiger partial charge in [-0.1, -0.05) is 25.9 Å². The van der Waals surface area contributed by atoms with Crippen LogP contribution < -0.4 is 5.32 Å². The van der Waals surface area contributed by atoms with E-state index >= 15 is 0 Å². The molecule has 0 saturated heterocycles. The fraction of sp³-hybridized carbons (Fsp3) is 0.778. The summed E-state index contributed by atoms with van der Waals surface area (Å²) in [6, 6.07) is 0. The highest BCUT2D eigenvalue weighted by molar-refractivity contribution is 7.87. The summed E-state index contributed by atoms with van der Waals surface area (Å²) in [5.74, 6) is 0. The molecule has 7 nitrogen and oxygen atoms in total. The maximum Gasteiger partial charge on any atom is 0.433 e. The van der Waals surface area contributed by atoms with E-state index in [-0.39, 0.29) is 5.71 Å². The molecule has 0 fully saturated rings. The summed E-state index contributed by atoms with van der Waals surface area (Å²) in [5.41, 5.74) is -0.605. The molecular formula is C9H18N2O5S. The van der Waals surface area contributed by atoms with Crippen LogP contribution >= 0.6 is 0 Å². The molecule has 0 aliphatic rings. The fourth-order valence-corrected chi connectivity index (χ4v) is 1.78. The van der Waals surface area contributed by atoms with Crippen LogP contribution in [0.15, 0.2) is 5.16 Å². The van der Waals surface area contributed by atoms with Gasteiger partial charge in [0.2, 0.25) is 0 Å². The molecule has 0 aromatic rings. The highest BCUT2D eigenvalue weighted by Crippen LogP contribution is 2.22. The normalized spacial score (nSPS) is 15.3. The predicted molar refractivity (Wildman–Crippen MR) is 63.4 cm³/mol. The van der Waals surface area contributed by atoms with Gasteiger partial charge < -0.3 is 5.32 Å². The number of hydrogen-bond acceptors (Lipinski definition) is 5. The van der Waals surface area contributed by atoms with Crippen LogP contribution in [-0.2, 0) is 15.0 Å². The van der Waals surface area contributed by atoms with E-state index in [1.54, 1.807) is 20.8 Å². The van der Waals surface area contributed by atoms with Gasteiger partial charge in [-0.2, -0.15) is 8.42 Å². The Balaban J connectivity index is 5.24. The van der Waals surface area contributed by atoms with Crippen molar-refractivity contribution in [1.82, 2.24) is 5.32 Å². The standard InChI is InChI=1S/C9H18N2O5S/c1-6(17(13,14)15)7(9(2,3)4)11-16-8(12)10-5/h6H,1-5H3,(H,10,12)(H,13,14,15). The third-order valence-corrected chi connectivity index (χ3v) is 3.15. The van der Waals surface area contributed by atoms with Crippen molar-refractivity contribution in [2.45, 2.75) is 32.9 Å². The third kappa shape index (κ3) is 5.14. The van der Waals surface area contributed by atoms with E-state index in [4.69, 9.17) is 4.55 Å². The van der Waals surface area contributed by atoms with Gasteiger partial charge in [-0.3, -0.25) is 9.39 Å². The molecule has 0 aromatic heterocycles. The van der Waals surface area contributed by atoms with Gasteiger partial charge in [-0.05, 0) is 6.92 Å². The minimum atomic E-state index is -4.28. The zero-order chi connectivity index (χ0) is 13.9. The van der Waals surface area contributed by atoms with Crippen LogP contribution in [0.3, 0.4) is 0 Å². The van der Waals surface area contributed by atoms with Crippen molar-refractivity contribution in [1.29, 1.82) is 0 Å². The maximum atomic E-state index is 11.1. The van der Waals surface area contributed by atoms with Crippen molar-refractivity contribution in [2.24, 2.45) is 10.6 Å². The second kappa shape index (κ2) is 5.46. The Morgan fingerprint density at radius 2 is 1.88 bits per heavy atom. The molecule has 8 heteroatoms. The quantitative estimate of drug-likeness (QED) is 0.343. The van der Waals surface area contributed by atoms with Crippen molar-refractivity contribution in [3.05, 3.63) is 0 Å². The molecule has 0 rings (SSSR count). The van der Waals surface area contributed by atoms with Crippen molar-refractivity contribution >= 4 is 21.9 Å². The largest absolute Gasteiger partial charge is 0.433 e. The number of carbonyl (C=O) groups is 1. The van der Waals surface area contributed by atoms with E-state index in [1.165, 1.54) is 14.0 Å². The first-order valence-electron chi connectivity index (χ1n) is 4.93. The van der Waals surface area contributed by atoms with Crippen molar-refractivity contribution < 1.29 is 22.6 Å². The molecule has 100 valence electrons. The SMILES string of the molecule is CNC(=O)ON=C(C(C)S(=O)(=O)O)C(C)(C)C. The molecule has 1 amide bonds. The van der Waals surface area contributed by atoms with Crippen LogP contribution in [-0.4, -0.2) is 37.1 Å². The first-order chi connectivity index (χ1) is 7.50. The molecule has 1 atom stereocenters. The number of hydrogen-bond donors (Lipinski definition) is 2. The fourth-order valence-electron chi connectivity index (χ4n) is 1.10. The van der Waals surface area contributed by atoms with Gasteiger partial charge >= 0.3 is 6.09 Å². The number of rotatable bonds is 3. The highest BCUT2D eigenvalue weighted by Gasteiger charge is 2.33. The first-order valence-corrected chi connectivity index (χ1v) is 6.44. The summed E-state index contributed by atoms with van der Waals surface area (Å²) in [5, 5.41) is 4.42. The van der Waals surface area contributed by atoms with Crippen LogP contribution in [0.2, 0.25) is 0 Å². The monoisotopic (exact) mass is 266 g/mol. The van der Waals surface area contributed by atoms with Crippen LogP contribution in [0.5, 0.6) is 0 Å². The van der Waals surface area contributed by atoms with Crippen molar-refractivity contribution in [3.8, 4) is 0 Å². The summed E-state index contributed by atoms with van der Waals surface area (Å²) in [6.45, 7) is 6.36. The summed E-state index contributed by atoms with van der Waals surface area (Å²) in [4.78, 5) is 15.3. The predicted octanol–water partition coefficient (Wildman–Crippen LogP) is 1.02. The van der Waals surface area contributed by atoms with Crippen molar-refractivity contribution in [3.63, 3.8) is 0 Å². The van der Waals surface area contributed by atoms with Crippen LogP contribution in [0.4, 0.5) is 4.79 Å². The molecular weight excluding hydrogens is 248 g/mol. The lowest BCUT2D eigenvalue weighted by Crippen LogP contribution is -2.36. The van der Waals surface area contributed by atoms with E-state index in [9.17, 15) is 13.2 Å². The number of oxime groups is 1. The molecule has 0 bridgehead atoms. The summed E-state index contributed by atoms with van der Waals surface area (Å²) >= 11 is 0. The molecule has 0 aliphatic carbocycles. The van der Waals surface area contributed by atoms with Gasteiger partial charge in [0, 0.05) is 12.5 Å². The molecule has 0 aliphatic heterocycles. The molecule has 0 heterocycles. The van der Waals surface area contributed by atoms with Crippen LogP contribution in [0, 0.1) is 5.41 Å². The van der Waals surface area contributed by atoms with Crippen LogP contribution in [0.25, 0.3) is 0 Å². The zero-order valence-corrected chi connectivity index (χ0v) is 11.3. The molecule has 0 aromatic carbocycles. The molecule has 17 heavy (non-hydrogen) atoms. The number of amides is 1. The van der Waals surface area contributed by atoms with Crippen molar-refractivity contribution in [2.75, 3.05) is 7.05 Å². The van der Waals surface area contributed by atoms with Gasteiger partial charge in [0.05, 0.1) is 5.71 Å². The number of nitrogens with zero attached hydrogens (tertiary/aromatic N) is 1. The van der Waals surface area contributed by atoms with E-state index in [2.05, 4.69) is 15.3 Å². The Labute approximate surface area is 101 Å². The van der Waals surface area contributed by atoms with Gasteiger partial charge in [0.1, 0.15) is 5.25 Å². The molecule has 0 saturated carbocycles. The third-order valence-electron chi connectivity index (χ3n) is 2.03. The average Bonchev–Trinajstić information content (AvgIpc) is 2.13. The Kier molecular flexibility index (Phi) is 5.09. The van der Waals surface area contributed by atoms with Gasteiger partial charge in [-0.15, -0.1) is 0 Å². The highest BCUT2D eigenvalue weighted by atomic mass is 32.2. The topological polar surface area (TPSA) is 105 Å². The van der Waals surface area contributed by atoms with E-state index in [0.29, 0.717) is 0 Å². The summed E-state index contributed by atoms with van der Waals surface area (Å²) in [6.07, 6.45) is -0.811. The lowest BCUT2D eigenvalue weighted by Gasteiger charge is -2.23. The Morgan fingerprint density at radius 3 is 2.18 bits per heavy atom. The Bertz CT molecular complexity index is 408. The molecule has 1 unspecified atom stereocenters. The lowest BCUT2D eigenvalue weighted by atomic mass is 9.88. The first kappa shape index (κ1) is 15.9. The lowest BCUT2D eigenvalue weighted by molar-refractivity contribution is 0.151. The second-order valence-electron chi connectivity index (χ2n) is 4.51. The minimum absolute atomic E-state index is 0.0589. The number of carbonyl (C=O) groups excluding carboxylic acids is 1. The molecule has 0 spiro atoms. The van der Waals surface area contributed by atoms with Gasteiger partial charge in [0.15, 0.2) is 0 Å². The number of nitrogens with one attached hydrogen (secondary N) is 1. The Hall–Kier alpha value is -1.15. The summed E-state index contributed by atoms with van der Waals surface area (Å²) < 4.78 is 31.1. The maximum absolute atomic E-state index is 11.1. The minimum Gasteiger partial charge on any atom is -0.323 e. The van der Waals surface area contributed by atoms with Gasteiger partial charge in [0.25, 0.3) is 10.1 Å². The van der Waals surface area contributed by atoms with E-state index < -0.39 is 26.9 Å². The van der Waals surface area contributed by atoms with Crippen LogP contribution in [0.1, 0.15) is 27.7 Å². The summed E-state index contributed by atoms with van der Waals surface area (Å²) in [7, 11) is -2.93. The van der Waals surface area contributed by atoms with Gasteiger partial charge in [-0.25, -0.2) is 4.79 Å². The van der Waals surface area contributed by atoms with E-state index in [0.717, 1.165) is 0 Å². The Morgan fingerprint density at radius 1 is 1.41 bits per heavy atom. The zero-order valence-electron chi connectivity index (χ0n) is 10.5. The average molecular weight is 266 g/mol. The van der Waals surface area contributed by atoms with E-state index in [1.807, 2.05) is 0 Å². The smallest absolute Gasteiger partial charge is 0.323 e. The second-order valence-corrected chi connectivity index (χ2v) is 6.25.